The molecular formula is C21H22Cl2O5. The molecule has 0 aromatic heterocycles. The normalized spacial score (nSPS) is 13.0. The molecule has 2 rings (SSSR count). The van der Waals surface area contributed by atoms with E-state index in [1.807, 2.05) is 13.0 Å². The maximum Gasteiger partial charge on any atom is 0.349 e. The molecule has 2 N–H and O–H groups in total. The molecule has 0 saturated carbocycles. The van der Waals surface area contributed by atoms with Gasteiger partial charge in [0.2, 0.25) is 6.10 Å². The smallest absolute Gasteiger partial charge is 0.349 e. The van der Waals surface area contributed by atoms with Crippen LogP contribution in [0.2, 0.25) is 10.0 Å². The summed E-state index contributed by atoms with van der Waals surface area (Å²) in [5, 5.41) is 19.9. The number of carboxylic acids is 2. The third-order valence-electron chi connectivity index (χ3n) is 4.43. The number of carbonyl (C=O) groups is 2. The van der Waals surface area contributed by atoms with Crippen LogP contribution in [-0.4, -0.2) is 22.2 Å². The van der Waals surface area contributed by atoms with Crippen molar-refractivity contribution >= 4 is 35.1 Å². The van der Waals surface area contributed by atoms with E-state index in [4.69, 9.17) is 27.9 Å². The van der Waals surface area contributed by atoms with Crippen LogP contribution in [0.5, 0.6) is 5.75 Å². The van der Waals surface area contributed by atoms with Gasteiger partial charge in [-0.1, -0.05) is 67.7 Å². The maximum atomic E-state index is 11.9. The molecule has 0 spiro atoms. The molecule has 2 aromatic rings. The first-order valence-electron chi connectivity index (χ1n) is 8.99. The largest absolute Gasteiger partial charge is 0.481 e. The van der Waals surface area contributed by atoms with Gasteiger partial charge in [0.25, 0.3) is 0 Å². The SMILES string of the molecule is CCCc1cccc(C(CC)C(=O)O)c1OC(C(=O)O)c1ccc(Cl)c(Cl)c1. The molecule has 2 atom stereocenters. The molecule has 0 aliphatic heterocycles. The minimum absolute atomic E-state index is 0.216. The lowest BCUT2D eigenvalue weighted by molar-refractivity contribution is -0.145. The molecule has 0 amide bonds. The number of hydrogen-bond donors (Lipinski definition) is 2. The Labute approximate surface area is 173 Å². The monoisotopic (exact) mass is 424 g/mol. The van der Waals surface area contributed by atoms with Gasteiger partial charge in [-0.2, -0.15) is 0 Å². The van der Waals surface area contributed by atoms with Gasteiger partial charge in [0, 0.05) is 11.1 Å². The molecular weight excluding hydrogens is 403 g/mol. The number of rotatable bonds is 9. The Morgan fingerprint density at radius 2 is 1.75 bits per heavy atom. The summed E-state index contributed by atoms with van der Waals surface area (Å²) in [6, 6.07) is 9.75. The zero-order valence-electron chi connectivity index (χ0n) is 15.6. The van der Waals surface area contributed by atoms with Crippen molar-refractivity contribution in [1.82, 2.24) is 0 Å². The number of para-hydroxylation sites is 1. The van der Waals surface area contributed by atoms with Crippen molar-refractivity contribution in [3.8, 4) is 5.75 Å². The van der Waals surface area contributed by atoms with E-state index in [-0.39, 0.29) is 5.02 Å². The van der Waals surface area contributed by atoms with Crippen molar-refractivity contribution in [2.75, 3.05) is 0 Å². The number of ether oxygens (including phenoxy) is 1. The average Bonchev–Trinajstić information content (AvgIpc) is 2.64. The standard InChI is InChI=1S/C21H22Cl2O5/c1-3-6-12-7-5-8-15(14(4-2)20(24)25)18(12)28-19(21(26)27)13-9-10-16(22)17(23)11-13/h5,7-11,14,19H,3-4,6H2,1-2H3,(H,24,25)(H,26,27). The lowest BCUT2D eigenvalue weighted by Gasteiger charge is -2.23. The summed E-state index contributed by atoms with van der Waals surface area (Å²) in [6.45, 7) is 3.75. The second-order valence-electron chi connectivity index (χ2n) is 6.39. The van der Waals surface area contributed by atoms with Gasteiger partial charge in [0.1, 0.15) is 5.75 Å². The molecule has 0 aliphatic rings. The molecule has 150 valence electrons. The van der Waals surface area contributed by atoms with Gasteiger partial charge in [-0.05, 0) is 30.5 Å². The van der Waals surface area contributed by atoms with Crippen LogP contribution in [-0.2, 0) is 16.0 Å². The van der Waals surface area contributed by atoms with Crippen molar-refractivity contribution in [2.45, 2.75) is 45.1 Å². The van der Waals surface area contributed by atoms with Crippen molar-refractivity contribution in [2.24, 2.45) is 0 Å². The predicted octanol–water partition coefficient (Wildman–Crippen LogP) is 5.73. The number of halogens is 2. The maximum absolute atomic E-state index is 11.9. The minimum Gasteiger partial charge on any atom is -0.481 e. The third kappa shape index (κ3) is 4.97. The van der Waals surface area contributed by atoms with E-state index in [9.17, 15) is 19.8 Å². The summed E-state index contributed by atoms with van der Waals surface area (Å²) in [5.41, 5.74) is 1.56. The summed E-state index contributed by atoms with van der Waals surface area (Å²) in [6.07, 6.45) is 0.435. The van der Waals surface area contributed by atoms with E-state index in [1.54, 1.807) is 19.1 Å². The van der Waals surface area contributed by atoms with Crippen LogP contribution in [0.4, 0.5) is 0 Å². The molecule has 0 fully saturated rings. The Hall–Kier alpha value is -2.24. The van der Waals surface area contributed by atoms with Crippen LogP contribution in [0.3, 0.4) is 0 Å². The Balaban J connectivity index is 2.57. The molecule has 0 radical (unpaired) electrons. The lowest BCUT2D eigenvalue weighted by Crippen LogP contribution is -2.21. The molecule has 0 aliphatic carbocycles. The Morgan fingerprint density at radius 3 is 2.29 bits per heavy atom. The molecule has 0 saturated heterocycles. The summed E-state index contributed by atoms with van der Waals surface area (Å²) in [7, 11) is 0. The number of benzene rings is 2. The average molecular weight is 425 g/mol. The van der Waals surface area contributed by atoms with E-state index in [1.165, 1.54) is 18.2 Å². The van der Waals surface area contributed by atoms with E-state index >= 15 is 0 Å². The van der Waals surface area contributed by atoms with Crippen LogP contribution >= 0.6 is 23.2 Å². The molecule has 0 heterocycles. The molecule has 28 heavy (non-hydrogen) atoms. The summed E-state index contributed by atoms with van der Waals surface area (Å²) < 4.78 is 5.94. The van der Waals surface area contributed by atoms with Crippen molar-refractivity contribution < 1.29 is 24.5 Å². The summed E-state index contributed by atoms with van der Waals surface area (Å²) in [4.78, 5) is 23.7. The molecule has 5 nitrogen and oxygen atoms in total. The second kappa shape index (κ2) is 9.80. The van der Waals surface area contributed by atoms with Gasteiger partial charge < -0.3 is 14.9 Å². The zero-order valence-corrected chi connectivity index (χ0v) is 17.1. The number of aryl methyl sites for hydroxylation is 1. The van der Waals surface area contributed by atoms with Crippen molar-refractivity contribution in [3.05, 3.63) is 63.1 Å². The summed E-state index contributed by atoms with van der Waals surface area (Å²) in [5.74, 6) is -2.69. The fraction of sp³-hybridized carbons (Fsp3) is 0.333. The fourth-order valence-corrected chi connectivity index (χ4v) is 3.38. The van der Waals surface area contributed by atoms with Gasteiger partial charge in [-0.15, -0.1) is 0 Å². The molecule has 0 bridgehead atoms. The van der Waals surface area contributed by atoms with Crippen LogP contribution in [0.15, 0.2) is 36.4 Å². The molecule has 2 unspecified atom stereocenters. The fourth-order valence-electron chi connectivity index (χ4n) is 3.07. The quantitative estimate of drug-likeness (QED) is 0.536. The Bertz CT molecular complexity index is 866. The van der Waals surface area contributed by atoms with Crippen LogP contribution in [0.1, 0.15) is 55.4 Å². The number of hydrogen-bond acceptors (Lipinski definition) is 3. The van der Waals surface area contributed by atoms with Crippen molar-refractivity contribution in [1.29, 1.82) is 0 Å². The number of aliphatic carboxylic acids is 2. The highest BCUT2D eigenvalue weighted by atomic mass is 35.5. The highest BCUT2D eigenvalue weighted by molar-refractivity contribution is 6.42. The van der Waals surface area contributed by atoms with Gasteiger partial charge in [-0.3, -0.25) is 4.79 Å². The zero-order chi connectivity index (χ0) is 20.8. The van der Waals surface area contributed by atoms with Crippen LogP contribution < -0.4 is 4.74 Å². The van der Waals surface area contributed by atoms with Crippen molar-refractivity contribution in [3.63, 3.8) is 0 Å². The predicted molar refractivity (Wildman–Crippen MR) is 109 cm³/mol. The van der Waals surface area contributed by atoms with E-state index in [2.05, 4.69) is 0 Å². The van der Waals surface area contributed by atoms with Gasteiger partial charge in [-0.25, -0.2) is 4.79 Å². The van der Waals surface area contributed by atoms with E-state index < -0.39 is 24.0 Å². The van der Waals surface area contributed by atoms with Crippen LogP contribution in [0, 0.1) is 0 Å². The van der Waals surface area contributed by atoms with E-state index in [0.717, 1.165) is 12.0 Å². The first-order valence-corrected chi connectivity index (χ1v) is 9.74. The van der Waals surface area contributed by atoms with E-state index in [0.29, 0.717) is 34.7 Å². The molecule has 7 heteroatoms. The summed E-state index contributed by atoms with van der Waals surface area (Å²) >= 11 is 12.0. The topological polar surface area (TPSA) is 83.8 Å². The Morgan fingerprint density at radius 1 is 1.04 bits per heavy atom. The highest BCUT2D eigenvalue weighted by Crippen LogP contribution is 2.37. The second-order valence-corrected chi connectivity index (χ2v) is 7.21. The highest BCUT2D eigenvalue weighted by Gasteiger charge is 2.29. The number of carboxylic acid groups (broad SMARTS) is 2. The minimum atomic E-state index is -1.35. The third-order valence-corrected chi connectivity index (χ3v) is 5.17. The van der Waals surface area contributed by atoms with Crippen LogP contribution in [0.25, 0.3) is 0 Å². The van der Waals surface area contributed by atoms with Gasteiger partial charge in [0.15, 0.2) is 0 Å². The first-order chi connectivity index (χ1) is 13.3. The van der Waals surface area contributed by atoms with Gasteiger partial charge >= 0.3 is 11.9 Å². The first kappa shape index (κ1) is 22.1. The Kier molecular flexibility index (Phi) is 7.72. The molecule has 2 aromatic carbocycles. The van der Waals surface area contributed by atoms with Gasteiger partial charge in [0.05, 0.1) is 16.0 Å². The lowest BCUT2D eigenvalue weighted by atomic mass is 9.92.